The number of carbonyl (C=O) groups is 1. The van der Waals surface area contributed by atoms with Gasteiger partial charge >= 0.3 is 6.18 Å². The summed E-state index contributed by atoms with van der Waals surface area (Å²) in [6.45, 7) is 0. The SMILES string of the molecule is CN1C(=O)CCc2c(Oc3ccc4c(c3)[C@@H]3[C@H](O4)[C@H]3c3nc4ccc(C(F)(F)F)cc4[nH]3)ccnc21. The summed E-state index contributed by atoms with van der Waals surface area (Å²) in [5.74, 6) is 3.28. The lowest BCUT2D eigenvalue weighted by Crippen LogP contribution is -2.32. The number of hydrogen-bond donors (Lipinski definition) is 1. The lowest BCUT2D eigenvalue weighted by molar-refractivity contribution is -0.137. The number of pyridine rings is 1. The molecule has 2 aliphatic heterocycles. The van der Waals surface area contributed by atoms with Crippen LogP contribution in [0.15, 0.2) is 48.7 Å². The van der Waals surface area contributed by atoms with Gasteiger partial charge in [0.05, 0.1) is 22.5 Å². The van der Waals surface area contributed by atoms with Crippen LogP contribution in [0, 0.1) is 0 Å². The molecule has 3 aliphatic rings. The zero-order chi connectivity index (χ0) is 24.8. The zero-order valence-electron chi connectivity index (χ0n) is 19.0. The summed E-state index contributed by atoms with van der Waals surface area (Å²) in [6.07, 6.45) is -1.95. The predicted molar refractivity (Wildman–Crippen MR) is 123 cm³/mol. The topological polar surface area (TPSA) is 80.3 Å². The Morgan fingerprint density at radius 3 is 2.81 bits per heavy atom. The van der Waals surface area contributed by atoms with Gasteiger partial charge in [0.15, 0.2) is 0 Å². The zero-order valence-corrected chi connectivity index (χ0v) is 19.0. The van der Waals surface area contributed by atoms with Gasteiger partial charge in [-0.1, -0.05) is 0 Å². The largest absolute Gasteiger partial charge is 0.489 e. The third kappa shape index (κ3) is 3.16. The monoisotopic (exact) mass is 492 g/mol. The number of benzene rings is 2. The van der Waals surface area contributed by atoms with E-state index in [0.717, 1.165) is 29.0 Å². The Morgan fingerprint density at radius 2 is 1.97 bits per heavy atom. The molecule has 1 amide bonds. The molecule has 1 N–H and O–H groups in total. The van der Waals surface area contributed by atoms with Gasteiger partial charge in [0, 0.05) is 36.7 Å². The molecule has 36 heavy (non-hydrogen) atoms. The molecule has 182 valence electrons. The van der Waals surface area contributed by atoms with Crippen LogP contribution >= 0.6 is 0 Å². The van der Waals surface area contributed by atoms with Crippen LogP contribution in [-0.2, 0) is 17.4 Å². The van der Waals surface area contributed by atoms with Crippen molar-refractivity contribution in [3.63, 3.8) is 0 Å². The van der Waals surface area contributed by atoms with Crippen LogP contribution in [0.3, 0.4) is 0 Å². The van der Waals surface area contributed by atoms with E-state index in [1.165, 1.54) is 6.07 Å². The Bertz CT molecular complexity index is 1560. The van der Waals surface area contributed by atoms with Crippen LogP contribution in [0.25, 0.3) is 11.0 Å². The van der Waals surface area contributed by atoms with Gasteiger partial charge in [-0.25, -0.2) is 9.97 Å². The molecule has 0 radical (unpaired) electrons. The van der Waals surface area contributed by atoms with Crippen molar-refractivity contribution in [2.75, 3.05) is 11.9 Å². The van der Waals surface area contributed by atoms with Gasteiger partial charge in [0.1, 0.15) is 35.0 Å². The number of halogens is 3. The van der Waals surface area contributed by atoms with Crippen LogP contribution in [0.5, 0.6) is 17.2 Å². The van der Waals surface area contributed by atoms with Gasteiger partial charge in [0.2, 0.25) is 5.91 Å². The molecule has 10 heteroatoms. The van der Waals surface area contributed by atoms with E-state index in [1.54, 1.807) is 24.2 Å². The van der Waals surface area contributed by atoms with Crippen molar-refractivity contribution < 1.29 is 27.4 Å². The molecule has 7 nitrogen and oxygen atoms in total. The molecule has 0 unspecified atom stereocenters. The summed E-state index contributed by atoms with van der Waals surface area (Å²) in [5, 5.41) is 0. The Hall–Kier alpha value is -4.08. The van der Waals surface area contributed by atoms with E-state index in [4.69, 9.17) is 9.47 Å². The van der Waals surface area contributed by atoms with E-state index in [9.17, 15) is 18.0 Å². The van der Waals surface area contributed by atoms with Crippen molar-refractivity contribution in [1.82, 2.24) is 15.0 Å². The van der Waals surface area contributed by atoms with Crippen molar-refractivity contribution in [3.8, 4) is 17.2 Å². The van der Waals surface area contributed by atoms with E-state index in [1.807, 2.05) is 18.2 Å². The van der Waals surface area contributed by atoms with Gasteiger partial charge < -0.3 is 14.5 Å². The molecule has 4 heterocycles. The fraction of sp³-hybridized carbons (Fsp3) is 0.269. The first-order valence-electron chi connectivity index (χ1n) is 11.6. The van der Waals surface area contributed by atoms with Crippen LogP contribution in [-0.4, -0.2) is 34.0 Å². The molecular formula is C26H19F3N4O3. The minimum absolute atomic E-state index is 0.0212. The van der Waals surface area contributed by atoms with Gasteiger partial charge in [-0.05, 0) is 48.9 Å². The fourth-order valence-corrected chi connectivity index (χ4v) is 5.32. The van der Waals surface area contributed by atoms with E-state index in [0.29, 0.717) is 47.0 Å². The van der Waals surface area contributed by atoms with Gasteiger partial charge in [-0.3, -0.25) is 9.69 Å². The minimum atomic E-state index is -4.41. The number of hydrogen-bond acceptors (Lipinski definition) is 5. The fourth-order valence-electron chi connectivity index (χ4n) is 5.32. The van der Waals surface area contributed by atoms with Crippen LogP contribution in [0.1, 0.15) is 40.8 Å². The van der Waals surface area contributed by atoms with Crippen molar-refractivity contribution >= 4 is 22.8 Å². The van der Waals surface area contributed by atoms with Crippen molar-refractivity contribution in [2.45, 2.75) is 37.0 Å². The summed E-state index contributed by atoms with van der Waals surface area (Å²) >= 11 is 0. The van der Waals surface area contributed by atoms with E-state index < -0.39 is 11.7 Å². The first kappa shape index (κ1) is 21.2. The standard InChI is InChI=1S/C26H19F3N4O3/c1-33-20(34)7-4-14-19(8-9-30-25(14)33)35-13-3-6-18-15(11-13)21-22(23(21)36-18)24-31-16-5-2-12(26(27,28)29)10-17(16)32-24/h2-3,5-6,8-11,21-23H,4,7H2,1H3,(H,31,32)/t21-,22-,23-/m0/s1. The number of carbonyl (C=O) groups excluding carboxylic acids is 1. The first-order valence-corrected chi connectivity index (χ1v) is 11.6. The van der Waals surface area contributed by atoms with Crippen LogP contribution in [0.4, 0.5) is 19.0 Å². The molecule has 0 bridgehead atoms. The number of rotatable bonds is 3. The number of aromatic amines is 1. The van der Waals surface area contributed by atoms with Crippen molar-refractivity contribution in [1.29, 1.82) is 0 Å². The number of nitrogens with one attached hydrogen (secondary N) is 1. The smallest absolute Gasteiger partial charge is 0.416 e. The van der Waals surface area contributed by atoms with Crippen LogP contribution < -0.4 is 14.4 Å². The number of aromatic nitrogens is 3. The second-order valence-electron chi connectivity index (χ2n) is 9.35. The Labute approximate surface area is 202 Å². The quantitative estimate of drug-likeness (QED) is 0.419. The Balaban J connectivity index is 1.16. The first-order chi connectivity index (χ1) is 17.3. The minimum Gasteiger partial charge on any atom is -0.489 e. The maximum Gasteiger partial charge on any atom is 0.416 e. The number of nitrogens with zero attached hydrogens (tertiary/aromatic N) is 3. The molecule has 0 saturated heterocycles. The highest BCUT2D eigenvalue weighted by Crippen LogP contribution is 2.63. The third-order valence-electron chi connectivity index (χ3n) is 7.20. The highest BCUT2D eigenvalue weighted by molar-refractivity contribution is 5.95. The molecule has 2 aromatic heterocycles. The van der Waals surface area contributed by atoms with Crippen molar-refractivity contribution in [3.05, 3.63) is 71.2 Å². The number of amides is 1. The predicted octanol–water partition coefficient (Wildman–Crippen LogP) is 5.32. The summed E-state index contributed by atoms with van der Waals surface area (Å²) in [7, 11) is 1.71. The molecule has 1 saturated carbocycles. The summed E-state index contributed by atoms with van der Waals surface area (Å²) in [6, 6.07) is 11.0. The highest BCUT2D eigenvalue weighted by atomic mass is 19.4. The lowest BCUT2D eigenvalue weighted by atomic mass is 10.0. The molecule has 7 rings (SSSR count). The second-order valence-corrected chi connectivity index (χ2v) is 9.35. The lowest BCUT2D eigenvalue weighted by Gasteiger charge is -2.25. The maximum absolute atomic E-state index is 13.1. The van der Waals surface area contributed by atoms with Crippen molar-refractivity contribution in [2.24, 2.45) is 0 Å². The van der Waals surface area contributed by atoms with E-state index in [2.05, 4.69) is 15.0 Å². The van der Waals surface area contributed by atoms with Gasteiger partial charge in [-0.2, -0.15) is 13.2 Å². The molecule has 2 aromatic carbocycles. The Kier molecular flexibility index (Phi) is 4.26. The summed E-state index contributed by atoms with van der Waals surface area (Å²) in [4.78, 5) is 25.5. The van der Waals surface area contributed by atoms with Gasteiger partial charge in [0.25, 0.3) is 0 Å². The third-order valence-corrected chi connectivity index (χ3v) is 7.20. The normalized spacial score (nSPS) is 22.2. The summed E-state index contributed by atoms with van der Waals surface area (Å²) in [5.41, 5.74) is 2.01. The van der Waals surface area contributed by atoms with Gasteiger partial charge in [-0.15, -0.1) is 0 Å². The van der Waals surface area contributed by atoms with E-state index >= 15 is 0 Å². The summed E-state index contributed by atoms with van der Waals surface area (Å²) < 4.78 is 51.6. The highest BCUT2D eigenvalue weighted by Gasteiger charge is 2.61. The number of anilines is 1. The molecule has 3 atom stereocenters. The molecule has 1 aliphatic carbocycles. The average molecular weight is 492 g/mol. The molecule has 1 fully saturated rings. The van der Waals surface area contributed by atoms with Crippen LogP contribution in [0.2, 0.25) is 0 Å². The average Bonchev–Trinajstić information content (AvgIpc) is 3.19. The molecule has 0 spiro atoms. The second kappa shape index (κ2) is 7.22. The molecule has 4 aromatic rings. The Morgan fingerprint density at radius 1 is 1.11 bits per heavy atom. The number of fused-ring (bicyclic) bond motifs is 5. The number of alkyl halides is 3. The van der Waals surface area contributed by atoms with E-state index in [-0.39, 0.29) is 23.8 Å². The maximum atomic E-state index is 13.1. The molecular weight excluding hydrogens is 473 g/mol. The number of ether oxygens (including phenoxy) is 2. The number of H-pyrrole nitrogens is 1. The number of imidazole rings is 1.